The Kier molecular flexibility index (Phi) is 5.34. The number of benzene rings is 2. The molecule has 0 heterocycles. The summed E-state index contributed by atoms with van der Waals surface area (Å²) >= 11 is 5.45. The number of hydrogen-bond donors (Lipinski definition) is 2. The van der Waals surface area contributed by atoms with Gasteiger partial charge in [0.15, 0.2) is 5.11 Å². The zero-order valence-corrected chi connectivity index (χ0v) is 13.6. The molecule has 0 aliphatic carbocycles. The van der Waals surface area contributed by atoms with Crippen LogP contribution in [0.3, 0.4) is 0 Å². The van der Waals surface area contributed by atoms with Gasteiger partial charge in [-0.1, -0.05) is 55.0 Å². The summed E-state index contributed by atoms with van der Waals surface area (Å²) in [4.78, 5) is 0. The van der Waals surface area contributed by atoms with Gasteiger partial charge in [0.25, 0.3) is 0 Å². The fourth-order valence-electron chi connectivity index (χ4n) is 2.38. The second-order valence-electron chi connectivity index (χ2n) is 5.29. The molecule has 21 heavy (non-hydrogen) atoms. The van der Waals surface area contributed by atoms with E-state index in [0.717, 1.165) is 12.1 Å². The Hall–Kier alpha value is -1.87. The van der Waals surface area contributed by atoms with E-state index >= 15 is 0 Å². The lowest BCUT2D eigenvalue weighted by atomic mass is 10.1. The minimum atomic E-state index is 0.233. The summed E-state index contributed by atoms with van der Waals surface area (Å²) in [7, 11) is 0. The van der Waals surface area contributed by atoms with Crippen LogP contribution in [0.2, 0.25) is 0 Å². The molecule has 3 heteroatoms. The molecule has 0 amide bonds. The maximum absolute atomic E-state index is 5.45. The Morgan fingerprint density at radius 3 is 2.43 bits per heavy atom. The summed E-state index contributed by atoms with van der Waals surface area (Å²) in [6.45, 7) is 6.34. The van der Waals surface area contributed by atoms with Gasteiger partial charge in [-0.05, 0) is 49.7 Å². The van der Waals surface area contributed by atoms with Crippen molar-refractivity contribution in [3.63, 3.8) is 0 Å². The van der Waals surface area contributed by atoms with E-state index in [9.17, 15) is 0 Å². The van der Waals surface area contributed by atoms with Crippen molar-refractivity contribution < 1.29 is 0 Å². The predicted molar refractivity (Wildman–Crippen MR) is 94.7 cm³/mol. The summed E-state index contributed by atoms with van der Waals surface area (Å²) in [6.07, 6.45) is 0.985. The summed E-state index contributed by atoms with van der Waals surface area (Å²) in [5.41, 5.74) is 4.77. The lowest BCUT2D eigenvalue weighted by Crippen LogP contribution is -2.32. The van der Waals surface area contributed by atoms with Crippen LogP contribution < -0.4 is 10.6 Å². The van der Waals surface area contributed by atoms with Crippen molar-refractivity contribution in [1.82, 2.24) is 5.32 Å². The van der Waals surface area contributed by atoms with Gasteiger partial charge in [-0.15, -0.1) is 0 Å². The minimum Gasteiger partial charge on any atom is -0.356 e. The molecule has 0 fully saturated rings. The number of thiocarbonyl (C=S) groups is 1. The number of nitrogens with one attached hydrogen (secondary N) is 2. The highest BCUT2D eigenvalue weighted by Crippen LogP contribution is 2.18. The smallest absolute Gasteiger partial charge is 0.171 e. The monoisotopic (exact) mass is 298 g/mol. The van der Waals surface area contributed by atoms with Gasteiger partial charge in [-0.2, -0.15) is 0 Å². The fourth-order valence-corrected chi connectivity index (χ4v) is 2.63. The predicted octanol–water partition coefficient (Wildman–Crippen LogP) is 4.74. The standard InChI is InChI=1S/C18H22N2S/c1-4-16(15-8-6-5-7-9-15)19-18(21)20-17-11-10-13(2)12-14(17)3/h5-12,16H,4H2,1-3H3,(H2,19,20,21)/t16-/m1/s1. The van der Waals surface area contributed by atoms with E-state index in [1.54, 1.807) is 0 Å². The average Bonchev–Trinajstić information content (AvgIpc) is 2.48. The molecule has 0 saturated heterocycles. The molecule has 2 rings (SSSR count). The van der Waals surface area contributed by atoms with Crippen LogP contribution in [-0.2, 0) is 0 Å². The van der Waals surface area contributed by atoms with Crippen molar-refractivity contribution in [1.29, 1.82) is 0 Å². The molecule has 0 radical (unpaired) electrons. The highest BCUT2D eigenvalue weighted by molar-refractivity contribution is 7.80. The Balaban J connectivity index is 2.03. The van der Waals surface area contributed by atoms with Gasteiger partial charge in [-0.25, -0.2) is 0 Å². The second kappa shape index (κ2) is 7.23. The van der Waals surface area contributed by atoms with Crippen molar-refractivity contribution in [2.45, 2.75) is 33.2 Å². The quantitative estimate of drug-likeness (QED) is 0.797. The number of rotatable bonds is 4. The van der Waals surface area contributed by atoms with Gasteiger partial charge in [-0.3, -0.25) is 0 Å². The maximum Gasteiger partial charge on any atom is 0.171 e. The van der Waals surface area contributed by atoms with Crippen LogP contribution in [0.5, 0.6) is 0 Å². The van der Waals surface area contributed by atoms with E-state index < -0.39 is 0 Å². The van der Waals surface area contributed by atoms with Gasteiger partial charge in [0.2, 0.25) is 0 Å². The Morgan fingerprint density at radius 2 is 1.81 bits per heavy atom. The first kappa shape index (κ1) is 15.5. The van der Waals surface area contributed by atoms with Crippen molar-refractivity contribution in [3.05, 3.63) is 65.2 Å². The van der Waals surface area contributed by atoms with Crippen molar-refractivity contribution in [2.75, 3.05) is 5.32 Å². The van der Waals surface area contributed by atoms with E-state index in [2.05, 4.69) is 73.9 Å². The first-order valence-corrected chi connectivity index (χ1v) is 7.70. The SMILES string of the molecule is CC[C@@H](NC(=S)Nc1ccc(C)cc1C)c1ccccc1. The van der Waals surface area contributed by atoms with Gasteiger partial charge < -0.3 is 10.6 Å². The van der Waals surface area contributed by atoms with E-state index in [0.29, 0.717) is 5.11 Å². The van der Waals surface area contributed by atoms with Crippen LogP contribution in [0.4, 0.5) is 5.69 Å². The Labute approximate surface area is 132 Å². The van der Waals surface area contributed by atoms with Gasteiger partial charge >= 0.3 is 0 Å². The molecule has 2 aromatic rings. The minimum absolute atomic E-state index is 0.233. The molecule has 0 saturated carbocycles. The first-order chi connectivity index (χ1) is 10.1. The zero-order chi connectivity index (χ0) is 15.2. The summed E-state index contributed by atoms with van der Waals surface area (Å²) in [5.74, 6) is 0. The van der Waals surface area contributed by atoms with Gasteiger partial charge in [0.1, 0.15) is 0 Å². The zero-order valence-electron chi connectivity index (χ0n) is 12.8. The average molecular weight is 298 g/mol. The maximum atomic E-state index is 5.45. The van der Waals surface area contributed by atoms with Crippen molar-refractivity contribution >= 4 is 23.0 Å². The molecule has 0 spiro atoms. The molecule has 110 valence electrons. The molecule has 2 nitrogen and oxygen atoms in total. The Bertz CT molecular complexity index is 608. The van der Waals surface area contributed by atoms with E-state index in [1.165, 1.54) is 16.7 Å². The van der Waals surface area contributed by atoms with Crippen LogP contribution in [0.15, 0.2) is 48.5 Å². The van der Waals surface area contributed by atoms with Gasteiger partial charge in [0.05, 0.1) is 6.04 Å². The molecule has 2 aromatic carbocycles. The number of hydrogen-bond acceptors (Lipinski definition) is 1. The van der Waals surface area contributed by atoms with E-state index in [1.807, 2.05) is 6.07 Å². The summed E-state index contributed by atoms with van der Waals surface area (Å²) < 4.78 is 0. The van der Waals surface area contributed by atoms with E-state index in [4.69, 9.17) is 12.2 Å². The molecule has 0 aliphatic heterocycles. The van der Waals surface area contributed by atoms with Crippen LogP contribution >= 0.6 is 12.2 Å². The van der Waals surface area contributed by atoms with Crippen LogP contribution in [0, 0.1) is 13.8 Å². The van der Waals surface area contributed by atoms with Crippen molar-refractivity contribution in [3.8, 4) is 0 Å². The van der Waals surface area contributed by atoms with E-state index in [-0.39, 0.29) is 6.04 Å². The Morgan fingerprint density at radius 1 is 1.10 bits per heavy atom. The second-order valence-corrected chi connectivity index (χ2v) is 5.70. The molecular weight excluding hydrogens is 276 g/mol. The molecule has 1 atom stereocenters. The molecule has 0 aliphatic rings. The van der Waals surface area contributed by atoms with Gasteiger partial charge in [0, 0.05) is 5.69 Å². The lowest BCUT2D eigenvalue weighted by Gasteiger charge is -2.20. The summed E-state index contributed by atoms with van der Waals surface area (Å²) in [6, 6.07) is 16.9. The highest BCUT2D eigenvalue weighted by Gasteiger charge is 2.10. The first-order valence-electron chi connectivity index (χ1n) is 7.30. The van der Waals surface area contributed by atoms with Crippen LogP contribution in [-0.4, -0.2) is 5.11 Å². The fraction of sp³-hybridized carbons (Fsp3) is 0.278. The lowest BCUT2D eigenvalue weighted by molar-refractivity contribution is 0.629. The third-order valence-electron chi connectivity index (χ3n) is 3.55. The molecule has 0 aromatic heterocycles. The highest BCUT2D eigenvalue weighted by atomic mass is 32.1. The molecule has 2 N–H and O–H groups in total. The largest absolute Gasteiger partial charge is 0.356 e. The molecule has 0 bridgehead atoms. The number of anilines is 1. The summed E-state index contributed by atoms with van der Waals surface area (Å²) in [5, 5.41) is 7.35. The normalized spacial score (nSPS) is 11.8. The number of aryl methyl sites for hydroxylation is 2. The van der Waals surface area contributed by atoms with Crippen molar-refractivity contribution in [2.24, 2.45) is 0 Å². The third kappa shape index (κ3) is 4.30. The van der Waals surface area contributed by atoms with Crippen LogP contribution in [0.1, 0.15) is 36.1 Å². The van der Waals surface area contributed by atoms with Crippen LogP contribution in [0.25, 0.3) is 0 Å². The topological polar surface area (TPSA) is 24.1 Å². The third-order valence-corrected chi connectivity index (χ3v) is 3.77. The molecule has 0 unspecified atom stereocenters. The molecular formula is C18H22N2S.